The molecule has 3 aromatic rings. The Bertz CT molecular complexity index is 1480. The fraction of sp³-hybridized carbons (Fsp3) is 0.514. The second kappa shape index (κ2) is 15.0. The van der Waals surface area contributed by atoms with Crippen molar-refractivity contribution < 1.29 is 14.3 Å². The van der Waals surface area contributed by atoms with Crippen molar-refractivity contribution in [2.24, 2.45) is 0 Å². The number of aryl methyl sites for hydroxylation is 2. The van der Waals surface area contributed by atoms with E-state index in [0.29, 0.717) is 55.3 Å². The maximum absolute atomic E-state index is 13.6. The molecule has 0 spiro atoms. The lowest BCUT2D eigenvalue weighted by Crippen LogP contribution is -2.37. The van der Waals surface area contributed by atoms with Crippen LogP contribution >= 0.6 is 0 Å². The second-order valence-electron chi connectivity index (χ2n) is 12.1. The lowest BCUT2D eigenvalue weighted by atomic mass is 9.96. The molecule has 2 aliphatic heterocycles. The zero-order valence-electron chi connectivity index (χ0n) is 26.6. The van der Waals surface area contributed by atoms with E-state index in [-0.39, 0.29) is 23.6 Å². The lowest BCUT2D eigenvalue weighted by molar-refractivity contribution is 0.00918. The highest BCUT2D eigenvalue weighted by molar-refractivity contribution is 6.05. The minimum Gasteiger partial charge on any atom is -0.380 e. The third kappa shape index (κ3) is 7.75. The summed E-state index contributed by atoms with van der Waals surface area (Å²) >= 11 is 0. The molecule has 0 aliphatic carbocycles. The van der Waals surface area contributed by atoms with Gasteiger partial charge in [0.25, 0.3) is 11.5 Å². The summed E-state index contributed by atoms with van der Waals surface area (Å²) in [5.41, 5.74) is 7.22. The molecule has 0 bridgehead atoms. The van der Waals surface area contributed by atoms with Gasteiger partial charge in [-0.3, -0.25) is 19.5 Å². The first-order valence-electron chi connectivity index (χ1n) is 16.1. The molecule has 9 heteroatoms. The smallest absolute Gasteiger partial charge is 0.255 e. The molecule has 2 fully saturated rings. The van der Waals surface area contributed by atoms with Crippen LogP contribution in [0.1, 0.15) is 83.7 Å². The number of pyridine rings is 2. The molecule has 2 aromatic heterocycles. The quantitative estimate of drug-likeness (QED) is 0.271. The number of H-pyrrole nitrogens is 1. The third-order valence-corrected chi connectivity index (χ3v) is 8.75. The number of benzene rings is 1. The van der Waals surface area contributed by atoms with Crippen molar-refractivity contribution in [3.05, 3.63) is 86.1 Å². The van der Waals surface area contributed by atoms with Gasteiger partial charge in [0.2, 0.25) is 0 Å². The summed E-state index contributed by atoms with van der Waals surface area (Å²) in [5.74, 6) is -0.202. The van der Waals surface area contributed by atoms with Crippen LogP contribution in [0.5, 0.6) is 0 Å². The van der Waals surface area contributed by atoms with Crippen molar-refractivity contribution in [3.63, 3.8) is 0 Å². The van der Waals surface area contributed by atoms with E-state index in [2.05, 4.69) is 47.4 Å². The number of ether oxygens (including phenoxy) is 2. The highest BCUT2D eigenvalue weighted by atomic mass is 16.5. The van der Waals surface area contributed by atoms with Gasteiger partial charge in [-0.1, -0.05) is 38.5 Å². The number of hydrogen-bond acceptors (Lipinski definition) is 7. The summed E-state index contributed by atoms with van der Waals surface area (Å²) in [6.45, 7) is 12.7. The van der Waals surface area contributed by atoms with Crippen LogP contribution in [-0.4, -0.2) is 65.8 Å². The number of carbonyl (C=O) groups excluding carboxylic acids is 1. The average molecular weight is 602 g/mol. The van der Waals surface area contributed by atoms with E-state index in [1.54, 1.807) is 12.1 Å². The Labute approximate surface area is 260 Å². The summed E-state index contributed by atoms with van der Waals surface area (Å²) in [4.78, 5) is 37.6. The van der Waals surface area contributed by atoms with Crippen LogP contribution in [0.15, 0.2) is 41.2 Å². The molecule has 44 heavy (non-hydrogen) atoms. The van der Waals surface area contributed by atoms with E-state index in [4.69, 9.17) is 14.5 Å². The van der Waals surface area contributed by atoms with E-state index < -0.39 is 0 Å². The van der Waals surface area contributed by atoms with Crippen molar-refractivity contribution in [2.45, 2.75) is 84.9 Å². The molecular formula is C35H47N5O4. The molecular weight excluding hydrogens is 554 g/mol. The lowest BCUT2D eigenvalue weighted by Gasteiger charge is -2.33. The topological polar surface area (TPSA) is 109 Å². The normalized spacial score (nSPS) is 19.1. The van der Waals surface area contributed by atoms with Gasteiger partial charge in [0.05, 0.1) is 42.1 Å². The van der Waals surface area contributed by atoms with Crippen molar-refractivity contribution in [1.82, 2.24) is 14.9 Å². The Hall–Kier alpha value is -3.53. The number of nitrogens with zero attached hydrogens (tertiary/aromatic N) is 2. The first-order valence-corrected chi connectivity index (χ1v) is 16.1. The molecule has 2 unspecified atom stereocenters. The van der Waals surface area contributed by atoms with Crippen molar-refractivity contribution in [2.75, 3.05) is 43.5 Å². The maximum atomic E-state index is 13.6. The van der Waals surface area contributed by atoms with Gasteiger partial charge in [0.15, 0.2) is 0 Å². The number of aromatic nitrogens is 2. The number of carbonyl (C=O) groups is 1. The highest BCUT2D eigenvalue weighted by Gasteiger charge is 2.27. The number of rotatable bonds is 11. The average Bonchev–Trinajstić information content (AvgIpc) is 3.03. The summed E-state index contributed by atoms with van der Waals surface area (Å²) in [5, 5.41) is 7.06. The van der Waals surface area contributed by atoms with E-state index in [1.165, 1.54) is 0 Å². The Kier molecular flexibility index (Phi) is 10.8. The van der Waals surface area contributed by atoms with E-state index in [1.807, 2.05) is 25.1 Å². The van der Waals surface area contributed by atoms with Gasteiger partial charge in [-0.05, 0) is 68.9 Å². The number of amides is 1. The van der Waals surface area contributed by atoms with Crippen molar-refractivity contribution in [1.29, 1.82) is 0 Å². The molecule has 1 aromatic carbocycles. The van der Waals surface area contributed by atoms with Crippen LogP contribution in [-0.2, 0) is 28.9 Å². The molecule has 0 saturated carbocycles. The van der Waals surface area contributed by atoms with Gasteiger partial charge in [-0.25, -0.2) is 0 Å². The Morgan fingerprint density at radius 3 is 2.57 bits per heavy atom. The molecule has 2 saturated heterocycles. The number of aromatic amines is 1. The van der Waals surface area contributed by atoms with E-state index in [9.17, 15) is 9.59 Å². The first kappa shape index (κ1) is 31.9. The second-order valence-corrected chi connectivity index (χ2v) is 12.1. The van der Waals surface area contributed by atoms with Gasteiger partial charge in [0.1, 0.15) is 0 Å². The maximum Gasteiger partial charge on any atom is 0.255 e. The first-order chi connectivity index (χ1) is 21.4. The van der Waals surface area contributed by atoms with Crippen LogP contribution in [0.3, 0.4) is 0 Å². The zero-order valence-corrected chi connectivity index (χ0v) is 26.6. The Morgan fingerprint density at radius 2 is 1.84 bits per heavy atom. The molecule has 236 valence electrons. The molecule has 0 radical (unpaired) electrons. The monoisotopic (exact) mass is 601 g/mol. The van der Waals surface area contributed by atoms with Gasteiger partial charge in [-0.15, -0.1) is 0 Å². The summed E-state index contributed by atoms with van der Waals surface area (Å²) in [6, 6.07) is 11.5. The number of anilines is 2. The predicted octanol–water partition coefficient (Wildman–Crippen LogP) is 5.38. The van der Waals surface area contributed by atoms with E-state index >= 15 is 0 Å². The summed E-state index contributed by atoms with van der Waals surface area (Å²) in [7, 11) is 0. The standard InChI is InChI=1S/C35H47N5O4/c1-5-10-26-19-23(3)36-35(42)29(26)21-30-32(39-34(41)25-11-8-7-9-12-25)24(4)33(37-27-13-16-44-28(6-2)20-27)31(38-30)22-40-14-17-43-18-15-40/h7-9,11-12,19,27-28,37H,5-6,10,13-18,20-22H2,1-4H3,(H,36,42)(H,39,41). The molecule has 2 aliphatic rings. The molecule has 2 atom stereocenters. The number of nitrogens with one attached hydrogen (secondary N) is 3. The molecule has 1 amide bonds. The fourth-order valence-corrected chi connectivity index (χ4v) is 6.32. The zero-order chi connectivity index (χ0) is 31.1. The fourth-order valence-electron chi connectivity index (χ4n) is 6.32. The van der Waals surface area contributed by atoms with E-state index in [0.717, 1.165) is 73.4 Å². The largest absolute Gasteiger partial charge is 0.380 e. The Balaban J connectivity index is 1.62. The molecule has 5 rings (SSSR count). The minimum absolute atomic E-state index is 0.0991. The highest BCUT2D eigenvalue weighted by Crippen LogP contribution is 2.34. The SMILES string of the molecule is CCCc1cc(C)[nH]c(=O)c1Cc1nc(CN2CCOCC2)c(NC2CCOC(CC)C2)c(C)c1NC(=O)c1ccccc1. The van der Waals surface area contributed by atoms with Crippen LogP contribution < -0.4 is 16.2 Å². The molecule has 3 N–H and O–H groups in total. The van der Waals surface area contributed by atoms with Crippen LogP contribution in [0.25, 0.3) is 0 Å². The summed E-state index contributed by atoms with van der Waals surface area (Å²) in [6.07, 6.45) is 5.06. The molecule has 4 heterocycles. The number of morpholine rings is 1. The summed E-state index contributed by atoms with van der Waals surface area (Å²) < 4.78 is 11.6. The minimum atomic E-state index is -0.202. The third-order valence-electron chi connectivity index (χ3n) is 8.75. The Morgan fingerprint density at radius 1 is 1.07 bits per heavy atom. The van der Waals surface area contributed by atoms with Gasteiger partial charge >= 0.3 is 0 Å². The van der Waals surface area contributed by atoms with Gasteiger partial charge in [-0.2, -0.15) is 0 Å². The van der Waals surface area contributed by atoms with Gasteiger partial charge in [0, 0.05) is 55.5 Å². The van der Waals surface area contributed by atoms with Crippen molar-refractivity contribution in [3.8, 4) is 0 Å². The van der Waals surface area contributed by atoms with Crippen LogP contribution in [0.4, 0.5) is 11.4 Å². The number of hydrogen-bond donors (Lipinski definition) is 3. The van der Waals surface area contributed by atoms with Crippen LogP contribution in [0, 0.1) is 13.8 Å². The van der Waals surface area contributed by atoms with Gasteiger partial charge < -0.3 is 25.1 Å². The van der Waals surface area contributed by atoms with Crippen molar-refractivity contribution >= 4 is 17.3 Å². The predicted molar refractivity (Wildman–Crippen MR) is 175 cm³/mol. The van der Waals surface area contributed by atoms with Crippen LogP contribution in [0.2, 0.25) is 0 Å². The molecule has 9 nitrogen and oxygen atoms in total.